The molecule has 0 saturated heterocycles. The van der Waals surface area contributed by atoms with Crippen molar-refractivity contribution >= 4 is 28.9 Å². The maximum absolute atomic E-state index is 12.1. The lowest BCUT2D eigenvalue weighted by Crippen LogP contribution is -2.21. The molecule has 0 unspecified atom stereocenters. The van der Waals surface area contributed by atoms with E-state index in [0.717, 1.165) is 11.4 Å². The summed E-state index contributed by atoms with van der Waals surface area (Å²) in [4.78, 5) is 14.1. The molecule has 1 heterocycles. The van der Waals surface area contributed by atoms with Gasteiger partial charge in [0.05, 0.1) is 7.11 Å². The van der Waals surface area contributed by atoms with Crippen LogP contribution in [0.4, 0.5) is 23.0 Å². The van der Waals surface area contributed by atoms with Gasteiger partial charge in [-0.2, -0.15) is 0 Å². The number of anilines is 4. The average molecular weight is 393 g/mol. The van der Waals surface area contributed by atoms with Crippen LogP contribution in [-0.2, 0) is 4.79 Å². The van der Waals surface area contributed by atoms with Crippen LogP contribution in [0, 0.1) is 0 Å². The molecule has 0 aliphatic heterocycles. The number of ether oxygens (including phenoxy) is 2. The Hall–Kier alpha value is -3.81. The molecule has 150 valence electrons. The molecule has 3 rings (SSSR count). The summed E-state index contributed by atoms with van der Waals surface area (Å²) >= 11 is 0. The quantitative estimate of drug-likeness (QED) is 0.607. The predicted molar refractivity (Wildman–Crippen MR) is 113 cm³/mol. The van der Waals surface area contributed by atoms with Gasteiger partial charge in [0.25, 0.3) is 5.91 Å². The van der Waals surface area contributed by atoms with E-state index in [1.54, 1.807) is 37.4 Å². The minimum atomic E-state index is -0.342. The third-order valence-electron chi connectivity index (χ3n) is 4.02. The molecule has 1 amide bonds. The van der Waals surface area contributed by atoms with E-state index in [0.29, 0.717) is 23.1 Å². The number of rotatable bonds is 8. The fourth-order valence-corrected chi connectivity index (χ4v) is 2.52. The number of para-hydroxylation sites is 2. The molecule has 2 aromatic carbocycles. The third kappa shape index (κ3) is 5.58. The van der Waals surface area contributed by atoms with Crippen molar-refractivity contribution in [3.05, 3.63) is 60.7 Å². The summed E-state index contributed by atoms with van der Waals surface area (Å²) in [5.41, 5.74) is 2.00. The highest BCUT2D eigenvalue weighted by atomic mass is 16.5. The Balaban J connectivity index is 1.52. The van der Waals surface area contributed by atoms with Crippen molar-refractivity contribution in [3.63, 3.8) is 0 Å². The van der Waals surface area contributed by atoms with Gasteiger partial charge in [0.15, 0.2) is 29.7 Å². The fourth-order valence-electron chi connectivity index (χ4n) is 2.52. The smallest absolute Gasteiger partial charge is 0.263 e. The highest BCUT2D eigenvalue weighted by molar-refractivity contribution is 5.91. The first-order valence-corrected chi connectivity index (χ1v) is 8.99. The predicted octanol–water partition coefficient (Wildman–Crippen LogP) is 3.31. The highest BCUT2D eigenvalue weighted by Gasteiger charge is 2.08. The molecule has 8 nitrogen and oxygen atoms in total. The largest absolute Gasteiger partial charge is 0.493 e. The van der Waals surface area contributed by atoms with Crippen LogP contribution in [0.5, 0.6) is 11.5 Å². The molecule has 29 heavy (non-hydrogen) atoms. The zero-order chi connectivity index (χ0) is 20.6. The molecule has 0 bridgehead atoms. The normalized spacial score (nSPS) is 10.2. The zero-order valence-corrected chi connectivity index (χ0v) is 16.5. The van der Waals surface area contributed by atoms with E-state index in [1.807, 2.05) is 49.3 Å². The molecular formula is C21H23N5O3. The van der Waals surface area contributed by atoms with Crippen LogP contribution >= 0.6 is 0 Å². The summed E-state index contributed by atoms with van der Waals surface area (Å²) < 4.78 is 10.7. The average Bonchev–Trinajstić information content (AvgIpc) is 2.74. The van der Waals surface area contributed by atoms with Crippen LogP contribution in [0.15, 0.2) is 60.7 Å². The van der Waals surface area contributed by atoms with E-state index >= 15 is 0 Å². The van der Waals surface area contributed by atoms with Crippen molar-refractivity contribution in [2.45, 2.75) is 0 Å². The van der Waals surface area contributed by atoms with Crippen molar-refractivity contribution in [2.24, 2.45) is 0 Å². The minimum absolute atomic E-state index is 0.166. The Labute approximate surface area is 169 Å². The van der Waals surface area contributed by atoms with Crippen LogP contribution in [0.25, 0.3) is 0 Å². The number of carbonyl (C=O) groups is 1. The van der Waals surface area contributed by atoms with Gasteiger partial charge in [-0.15, -0.1) is 10.2 Å². The standard InChI is InChI=1S/C21H23N5O3/c1-26(2)16-10-8-15(9-11-16)22-19-12-13-20(25-24-19)23-21(27)14-29-18-7-5-4-6-17(18)28-3/h4-13H,14H2,1-3H3,(H,22,24)(H,23,25,27). The Kier molecular flexibility index (Phi) is 6.47. The van der Waals surface area contributed by atoms with Gasteiger partial charge in [0.1, 0.15) is 0 Å². The van der Waals surface area contributed by atoms with E-state index in [2.05, 4.69) is 20.8 Å². The molecule has 0 spiro atoms. The van der Waals surface area contributed by atoms with Gasteiger partial charge in [-0.25, -0.2) is 0 Å². The first kappa shape index (κ1) is 19.9. The topological polar surface area (TPSA) is 88.6 Å². The van der Waals surface area contributed by atoms with E-state index in [-0.39, 0.29) is 12.5 Å². The lowest BCUT2D eigenvalue weighted by Gasteiger charge is -2.13. The number of carbonyl (C=O) groups excluding carboxylic acids is 1. The molecule has 1 aromatic heterocycles. The van der Waals surface area contributed by atoms with Crippen LogP contribution in [-0.4, -0.2) is 43.9 Å². The van der Waals surface area contributed by atoms with Crippen molar-refractivity contribution in [1.29, 1.82) is 0 Å². The van der Waals surface area contributed by atoms with Gasteiger partial charge in [-0.3, -0.25) is 4.79 Å². The van der Waals surface area contributed by atoms with Crippen LogP contribution < -0.4 is 25.0 Å². The monoisotopic (exact) mass is 393 g/mol. The van der Waals surface area contributed by atoms with Crippen molar-refractivity contribution < 1.29 is 14.3 Å². The lowest BCUT2D eigenvalue weighted by atomic mass is 10.2. The minimum Gasteiger partial charge on any atom is -0.493 e. The summed E-state index contributed by atoms with van der Waals surface area (Å²) in [5, 5.41) is 13.9. The highest BCUT2D eigenvalue weighted by Crippen LogP contribution is 2.25. The summed E-state index contributed by atoms with van der Waals surface area (Å²) in [7, 11) is 5.52. The zero-order valence-electron chi connectivity index (χ0n) is 16.5. The number of aromatic nitrogens is 2. The van der Waals surface area contributed by atoms with Crippen molar-refractivity contribution in [3.8, 4) is 11.5 Å². The molecule has 0 saturated carbocycles. The number of hydrogen-bond acceptors (Lipinski definition) is 7. The van der Waals surface area contributed by atoms with E-state index < -0.39 is 0 Å². The molecule has 2 N–H and O–H groups in total. The maximum Gasteiger partial charge on any atom is 0.263 e. The number of nitrogens with zero attached hydrogens (tertiary/aromatic N) is 3. The van der Waals surface area contributed by atoms with Gasteiger partial charge < -0.3 is 25.0 Å². The first-order valence-electron chi connectivity index (χ1n) is 8.99. The number of methoxy groups -OCH3 is 1. The Morgan fingerprint density at radius 1 is 0.931 bits per heavy atom. The second-order valence-electron chi connectivity index (χ2n) is 6.36. The summed E-state index contributed by atoms with van der Waals surface area (Å²) in [6, 6.07) is 18.5. The molecule has 3 aromatic rings. The lowest BCUT2D eigenvalue weighted by molar-refractivity contribution is -0.118. The summed E-state index contributed by atoms with van der Waals surface area (Å²) in [6.45, 7) is -0.166. The van der Waals surface area contributed by atoms with Gasteiger partial charge >= 0.3 is 0 Å². The van der Waals surface area contributed by atoms with Crippen LogP contribution in [0.3, 0.4) is 0 Å². The van der Waals surface area contributed by atoms with Gasteiger partial charge in [-0.05, 0) is 48.5 Å². The van der Waals surface area contributed by atoms with E-state index in [1.165, 1.54) is 0 Å². The Morgan fingerprint density at radius 3 is 2.21 bits per heavy atom. The van der Waals surface area contributed by atoms with Crippen molar-refractivity contribution in [2.75, 3.05) is 43.3 Å². The third-order valence-corrected chi connectivity index (χ3v) is 4.02. The first-order chi connectivity index (χ1) is 14.0. The molecule has 0 atom stereocenters. The van der Waals surface area contributed by atoms with E-state index in [9.17, 15) is 4.79 Å². The molecule has 0 aliphatic carbocycles. The summed E-state index contributed by atoms with van der Waals surface area (Å²) in [5.74, 6) is 1.63. The molecular weight excluding hydrogens is 370 g/mol. The Bertz CT molecular complexity index is 943. The SMILES string of the molecule is COc1ccccc1OCC(=O)Nc1ccc(Nc2ccc(N(C)C)cc2)nn1. The van der Waals surface area contributed by atoms with Gasteiger partial charge in [0, 0.05) is 25.5 Å². The van der Waals surface area contributed by atoms with Gasteiger partial charge in [-0.1, -0.05) is 12.1 Å². The summed E-state index contributed by atoms with van der Waals surface area (Å²) in [6.07, 6.45) is 0. The second-order valence-corrected chi connectivity index (χ2v) is 6.36. The number of amides is 1. The number of nitrogens with one attached hydrogen (secondary N) is 2. The van der Waals surface area contributed by atoms with Crippen LogP contribution in [0.1, 0.15) is 0 Å². The van der Waals surface area contributed by atoms with Crippen LogP contribution in [0.2, 0.25) is 0 Å². The number of benzene rings is 2. The second kappa shape index (κ2) is 9.41. The van der Waals surface area contributed by atoms with E-state index in [4.69, 9.17) is 9.47 Å². The maximum atomic E-state index is 12.1. The van der Waals surface area contributed by atoms with Gasteiger partial charge in [0.2, 0.25) is 0 Å². The Morgan fingerprint density at radius 2 is 1.59 bits per heavy atom. The molecule has 0 fully saturated rings. The molecule has 8 heteroatoms. The van der Waals surface area contributed by atoms with Crippen molar-refractivity contribution in [1.82, 2.24) is 10.2 Å². The number of hydrogen-bond donors (Lipinski definition) is 2. The molecule has 0 aliphatic rings. The fraction of sp³-hybridized carbons (Fsp3) is 0.190. The molecule has 0 radical (unpaired) electrons.